The lowest BCUT2D eigenvalue weighted by atomic mass is 10.0. The third kappa shape index (κ3) is 3.85. The number of amides is 1. The van der Waals surface area contributed by atoms with E-state index in [9.17, 15) is 4.79 Å². The van der Waals surface area contributed by atoms with Crippen molar-refractivity contribution >= 4 is 17.2 Å². The summed E-state index contributed by atoms with van der Waals surface area (Å²) in [5.41, 5.74) is 1.18. The zero-order valence-corrected chi connectivity index (χ0v) is 16.1. The van der Waals surface area contributed by atoms with Gasteiger partial charge in [0.25, 0.3) is 5.91 Å². The Hall–Kier alpha value is -1.69. The van der Waals surface area contributed by atoms with E-state index in [1.165, 1.54) is 5.56 Å². The Morgan fingerprint density at radius 2 is 1.85 bits per heavy atom. The molecule has 26 heavy (non-hydrogen) atoms. The lowest BCUT2D eigenvalue weighted by Gasteiger charge is -2.41. The molecule has 1 aromatic carbocycles. The molecular weight excluding hydrogens is 344 g/mol. The highest BCUT2D eigenvalue weighted by atomic mass is 32.1. The predicted molar refractivity (Wildman–Crippen MR) is 106 cm³/mol. The summed E-state index contributed by atoms with van der Waals surface area (Å²) in [7, 11) is 0. The lowest BCUT2D eigenvalue weighted by molar-refractivity contribution is -0.0423. The Balaban J connectivity index is 1.36. The van der Waals surface area contributed by atoms with Gasteiger partial charge < -0.3 is 9.64 Å². The summed E-state index contributed by atoms with van der Waals surface area (Å²) in [5.74, 6) is 0.186. The largest absolute Gasteiger partial charge is 0.376 e. The van der Waals surface area contributed by atoms with Crippen molar-refractivity contribution in [2.45, 2.75) is 31.9 Å². The summed E-state index contributed by atoms with van der Waals surface area (Å²) < 4.78 is 5.65. The molecule has 1 aromatic heterocycles. The van der Waals surface area contributed by atoms with E-state index in [-0.39, 0.29) is 5.91 Å². The molecule has 0 bridgehead atoms. The molecule has 0 aliphatic carbocycles. The minimum Gasteiger partial charge on any atom is -0.376 e. The van der Waals surface area contributed by atoms with E-state index in [1.54, 1.807) is 11.3 Å². The van der Waals surface area contributed by atoms with Crippen molar-refractivity contribution in [3.63, 3.8) is 0 Å². The summed E-state index contributed by atoms with van der Waals surface area (Å²) in [6, 6.07) is 14.9. The molecule has 4 nitrogen and oxygen atoms in total. The van der Waals surface area contributed by atoms with Gasteiger partial charge in [0.05, 0.1) is 17.6 Å². The first-order chi connectivity index (χ1) is 12.7. The van der Waals surface area contributed by atoms with Crippen LogP contribution in [0.1, 0.15) is 29.4 Å². The summed E-state index contributed by atoms with van der Waals surface area (Å²) in [5, 5.41) is 0. The monoisotopic (exact) mass is 370 g/mol. The van der Waals surface area contributed by atoms with Gasteiger partial charge in [0.15, 0.2) is 0 Å². The van der Waals surface area contributed by atoms with Gasteiger partial charge in [0.2, 0.25) is 0 Å². The molecule has 0 N–H and O–H groups in total. The Kier molecular flexibility index (Phi) is 5.38. The van der Waals surface area contributed by atoms with Gasteiger partial charge in [-0.1, -0.05) is 30.3 Å². The average Bonchev–Trinajstić information content (AvgIpc) is 3.18. The van der Waals surface area contributed by atoms with Crippen molar-refractivity contribution in [2.75, 3.05) is 32.8 Å². The minimum atomic E-state index is 0.186. The molecule has 5 heteroatoms. The quantitative estimate of drug-likeness (QED) is 0.825. The molecule has 0 spiro atoms. The second-order valence-corrected chi connectivity index (χ2v) is 8.31. The van der Waals surface area contributed by atoms with Crippen LogP contribution in [0.3, 0.4) is 0 Å². The van der Waals surface area contributed by atoms with Gasteiger partial charge in [-0.15, -0.1) is 11.3 Å². The van der Waals surface area contributed by atoms with Crippen LogP contribution >= 0.6 is 11.3 Å². The highest BCUT2D eigenvalue weighted by Crippen LogP contribution is 2.29. The second kappa shape index (κ2) is 7.91. The van der Waals surface area contributed by atoms with Gasteiger partial charge in [-0.25, -0.2) is 0 Å². The third-order valence-electron chi connectivity index (χ3n) is 5.42. The van der Waals surface area contributed by atoms with Crippen LogP contribution in [0.2, 0.25) is 0 Å². The fourth-order valence-electron chi connectivity index (χ4n) is 3.98. The fraction of sp³-hybridized carbons (Fsp3) is 0.476. The molecule has 2 aliphatic heterocycles. The Morgan fingerprint density at radius 3 is 2.58 bits per heavy atom. The molecule has 2 fully saturated rings. The molecule has 0 radical (unpaired) electrons. The van der Waals surface area contributed by atoms with E-state index in [0.29, 0.717) is 12.1 Å². The maximum absolute atomic E-state index is 12.9. The van der Waals surface area contributed by atoms with Crippen molar-refractivity contribution in [2.24, 2.45) is 0 Å². The second-order valence-electron chi connectivity index (χ2n) is 7.23. The van der Waals surface area contributed by atoms with Crippen molar-refractivity contribution in [3.05, 3.63) is 47.3 Å². The van der Waals surface area contributed by atoms with Crippen LogP contribution in [-0.2, 0) is 4.74 Å². The third-order valence-corrected chi connectivity index (χ3v) is 6.54. The van der Waals surface area contributed by atoms with Crippen LogP contribution in [0.15, 0.2) is 42.5 Å². The summed E-state index contributed by atoms with van der Waals surface area (Å²) in [6.45, 7) is 6.73. The Labute approximate surface area is 159 Å². The van der Waals surface area contributed by atoms with Crippen LogP contribution in [0.25, 0.3) is 10.4 Å². The molecular formula is C21H26N2O2S. The smallest absolute Gasteiger partial charge is 0.263 e. The first kappa shape index (κ1) is 17.7. The molecule has 2 saturated heterocycles. The maximum Gasteiger partial charge on any atom is 0.263 e. The highest BCUT2D eigenvalue weighted by Gasteiger charge is 2.30. The van der Waals surface area contributed by atoms with Gasteiger partial charge in [0.1, 0.15) is 0 Å². The highest BCUT2D eigenvalue weighted by molar-refractivity contribution is 7.17. The lowest BCUT2D eigenvalue weighted by Crippen LogP contribution is -2.51. The summed E-state index contributed by atoms with van der Waals surface area (Å²) in [6.07, 6.45) is 2.45. The fourth-order valence-corrected chi connectivity index (χ4v) is 4.96. The number of hydrogen-bond acceptors (Lipinski definition) is 4. The molecule has 0 saturated carbocycles. The summed E-state index contributed by atoms with van der Waals surface area (Å²) >= 11 is 1.60. The number of rotatable bonds is 3. The SMILES string of the molecule is CC1CN(C2CCN(C(=O)c3ccc(-c4ccccc4)s3)CC2)CCO1. The number of carbonyl (C=O) groups is 1. The van der Waals surface area contributed by atoms with Gasteiger partial charge in [-0.2, -0.15) is 0 Å². The topological polar surface area (TPSA) is 32.8 Å². The number of thiophene rings is 1. The van der Waals surface area contributed by atoms with Crippen molar-refractivity contribution in [1.29, 1.82) is 0 Å². The van der Waals surface area contributed by atoms with Crippen molar-refractivity contribution < 1.29 is 9.53 Å². The predicted octanol–water partition coefficient (Wildman–Crippen LogP) is 3.74. The van der Waals surface area contributed by atoms with Gasteiger partial charge >= 0.3 is 0 Å². The van der Waals surface area contributed by atoms with Crippen LogP contribution in [0.4, 0.5) is 0 Å². The molecule has 1 atom stereocenters. The number of piperidine rings is 1. The molecule has 138 valence electrons. The van der Waals surface area contributed by atoms with Crippen molar-refractivity contribution in [3.8, 4) is 10.4 Å². The number of morpholine rings is 1. The molecule has 1 amide bonds. The van der Waals surface area contributed by atoms with E-state index in [2.05, 4.69) is 30.0 Å². The maximum atomic E-state index is 12.9. The average molecular weight is 371 g/mol. The number of hydrogen-bond donors (Lipinski definition) is 0. The minimum absolute atomic E-state index is 0.186. The molecule has 1 unspecified atom stereocenters. The van der Waals surface area contributed by atoms with E-state index in [1.807, 2.05) is 29.2 Å². The first-order valence-electron chi connectivity index (χ1n) is 9.51. The zero-order chi connectivity index (χ0) is 17.9. The Bertz CT molecular complexity index is 737. The normalized spacial score (nSPS) is 22.5. The summed E-state index contributed by atoms with van der Waals surface area (Å²) in [4.78, 5) is 19.5. The van der Waals surface area contributed by atoms with E-state index in [0.717, 1.165) is 55.4 Å². The molecule has 2 aliphatic rings. The van der Waals surface area contributed by atoms with Gasteiger partial charge in [-0.3, -0.25) is 9.69 Å². The Morgan fingerprint density at radius 1 is 1.08 bits per heavy atom. The number of carbonyl (C=O) groups excluding carboxylic acids is 1. The van der Waals surface area contributed by atoms with E-state index >= 15 is 0 Å². The standard InChI is InChI=1S/C21H26N2O2S/c1-16-15-23(13-14-25-16)18-9-11-22(12-10-18)21(24)20-8-7-19(26-20)17-5-3-2-4-6-17/h2-8,16,18H,9-15H2,1H3. The number of nitrogens with zero attached hydrogens (tertiary/aromatic N) is 2. The molecule has 4 rings (SSSR count). The zero-order valence-electron chi connectivity index (χ0n) is 15.3. The van der Waals surface area contributed by atoms with Gasteiger partial charge in [-0.05, 0) is 37.5 Å². The van der Waals surface area contributed by atoms with Crippen molar-refractivity contribution in [1.82, 2.24) is 9.80 Å². The van der Waals surface area contributed by atoms with Gasteiger partial charge in [0, 0.05) is 37.1 Å². The van der Waals surface area contributed by atoms with Crippen LogP contribution in [-0.4, -0.2) is 60.6 Å². The molecule has 2 aromatic rings. The van der Waals surface area contributed by atoms with Crippen LogP contribution in [0, 0.1) is 0 Å². The molecule has 3 heterocycles. The van der Waals surface area contributed by atoms with Crippen LogP contribution in [0.5, 0.6) is 0 Å². The first-order valence-corrected chi connectivity index (χ1v) is 10.3. The number of benzene rings is 1. The number of ether oxygens (including phenoxy) is 1. The van der Waals surface area contributed by atoms with E-state index in [4.69, 9.17) is 4.74 Å². The number of likely N-dealkylation sites (tertiary alicyclic amines) is 1. The van der Waals surface area contributed by atoms with Crippen LogP contribution < -0.4 is 0 Å². The van der Waals surface area contributed by atoms with E-state index < -0.39 is 0 Å².